The van der Waals surface area contributed by atoms with Gasteiger partial charge < -0.3 is 19.9 Å². The van der Waals surface area contributed by atoms with Crippen molar-refractivity contribution >= 4 is 5.91 Å². The van der Waals surface area contributed by atoms with E-state index < -0.39 is 11.5 Å². The number of para-hydroxylation sites is 1. The van der Waals surface area contributed by atoms with Crippen molar-refractivity contribution in [3.05, 3.63) is 59.7 Å². The second-order valence-electron chi connectivity index (χ2n) is 6.28. The third kappa shape index (κ3) is 1.94. The van der Waals surface area contributed by atoms with E-state index in [1.807, 2.05) is 30.3 Å². The Balaban J connectivity index is 1.83. The number of benzene rings is 2. The zero-order chi connectivity index (χ0) is 16.7. The fourth-order valence-corrected chi connectivity index (χ4v) is 3.89. The van der Waals surface area contributed by atoms with Crippen LogP contribution in [0.1, 0.15) is 23.1 Å². The quantitative estimate of drug-likeness (QED) is 0.886. The first-order valence-corrected chi connectivity index (χ1v) is 7.99. The molecule has 0 bridgehead atoms. The van der Waals surface area contributed by atoms with Crippen LogP contribution in [-0.2, 0) is 4.79 Å². The van der Waals surface area contributed by atoms with Crippen LogP contribution in [0.4, 0.5) is 0 Å². The van der Waals surface area contributed by atoms with Gasteiger partial charge in [-0.2, -0.15) is 0 Å². The van der Waals surface area contributed by atoms with Crippen molar-refractivity contribution < 1.29 is 19.4 Å². The summed E-state index contributed by atoms with van der Waals surface area (Å²) in [7, 11) is 1.56. The Morgan fingerprint density at radius 3 is 2.75 bits per heavy atom. The zero-order valence-corrected chi connectivity index (χ0v) is 13.4. The number of hydrogen-bond donors (Lipinski definition) is 2. The van der Waals surface area contributed by atoms with Gasteiger partial charge in [0.25, 0.3) is 0 Å². The number of hydrogen-bond acceptors (Lipinski definition) is 4. The Labute approximate surface area is 140 Å². The van der Waals surface area contributed by atoms with Gasteiger partial charge in [0.05, 0.1) is 7.11 Å². The van der Waals surface area contributed by atoms with Crippen molar-refractivity contribution in [1.82, 2.24) is 5.32 Å². The fourth-order valence-electron chi connectivity index (χ4n) is 3.89. The van der Waals surface area contributed by atoms with Gasteiger partial charge in [-0.25, -0.2) is 0 Å². The molecule has 0 unspecified atom stereocenters. The van der Waals surface area contributed by atoms with Crippen molar-refractivity contribution in [2.75, 3.05) is 20.3 Å². The van der Waals surface area contributed by atoms with Gasteiger partial charge in [0.1, 0.15) is 18.1 Å². The molecule has 0 saturated carbocycles. The topological polar surface area (TPSA) is 67.8 Å². The van der Waals surface area contributed by atoms with Crippen LogP contribution in [0.2, 0.25) is 0 Å². The number of nitrogens with one attached hydrogen (secondary N) is 1. The number of carbonyl (C=O) groups excluding carboxylic acids is 1. The molecule has 2 aliphatic rings. The van der Waals surface area contributed by atoms with Gasteiger partial charge >= 0.3 is 0 Å². The van der Waals surface area contributed by atoms with E-state index in [0.29, 0.717) is 23.6 Å². The van der Waals surface area contributed by atoms with E-state index >= 15 is 0 Å². The smallest absolute Gasteiger partial charge is 0.233 e. The lowest BCUT2D eigenvalue weighted by molar-refractivity contribution is -0.140. The van der Waals surface area contributed by atoms with E-state index in [9.17, 15) is 9.90 Å². The van der Waals surface area contributed by atoms with Crippen LogP contribution < -0.4 is 14.8 Å². The van der Waals surface area contributed by atoms with Crippen molar-refractivity contribution in [1.29, 1.82) is 0 Å². The van der Waals surface area contributed by atoms with Gasteiger partial charge in [0, 0.05) is 18.0 Å². The molecular weight excluding hydrogens is 306 g/mol. The minimum absolute atomic E-state index is 0.118. The lowest BCUT2D eigenvalue weighted by Gasteiger charge is -2.41. The SMILES string of the molecule is COc1cccc2c1OC[C@@]1(C(=O)NC[C@@H]1c1ccccc1)[C@H]2O. The molecule has 2 aromatic carbocycles. The van der Waals surface area contributed by atoms with E-state index in [1.54, 1.807) is 25.3 Å². The first-order valence-electron chi connectivity index (χ1n) is 7.99. The van der Waals surface area contributed by atoms with Gasteiger partial charge in [-0.15, -0.1) is 0 Å². The Morgan fingerprint density at radius 2 is 2.00 bits per heavy atom. The Bertz CT molecular complexity index is 776. The monoisotopic (exact) mass is 325 g/mol. The van der Waals surface area contributed by atoms with Crippen LogP contribution >= 0.6 is 0 Å². The fraction of sp³-hybridized carbons (Fsp3) is 0.316. The zero-order valence-electron chi connectivity index (χ0n) is 13.4. The second-order valence-corrected chi connectivity index (χ2v) is 6.28. The van der Waals surface area contributed by atoms with Gasteiger partial charge in [0.2, 0.25) is 5.91 Å². The third-order valence-corrected chi connectivity index (χ3v) is 5.18. The molecule has 1 spiro atoms. The second kappa shape index (κ2) is 5.53. The molecular formula is C19H19NO4. The Morgan fingerprint density at radius 1 is 1.21 bits per heavy atom. The minimum atomic E-state index is -1.03. The molecule has 0 aromatic heterocycles. The molecule has 4 rings (SSSR count). The minimum Gasteiger partial charge on any atom is -0.493 e. The molecule has 24 heavy (non-hydrogen) atoms. The molecule has 2 aliphatic heterocycles. The molecule has 2 N–H and O–H groups in total. The van der Waals surface area contributed by atoms with Gasteiger partial charge in [0.15, 0.2) is 11.5 Å². The number of amides is 1. The van der Waals surface area contributed by atoms with Crippen molar-refractivity contribution in [3.8, 4) is 11.5 Å². The third-order valence-electron chi connectivity index (χ3n) is 5.18. The number of carbonyl (C=O) groups is 1. The Hall–Kier alpha value is -2.53. The van der Waals surface area contributed by atoms with E-state index in [-0.39, 0.29) is 18.4 Å². The van der Waals surface area contributed by atoms with E-state index in [1.165, 1.54) is 0 Å². The molecule has 5 nitrogen and oxygen atoms in total. The average molecular weight is 325 g/mol. The number of methoxy groups -OCH3 is 1. The van der Waals surface area contributed by atoms with Crippen LogP contribution in [0.5, 0.6) is 11.5 Å². The maximum atomic E-state index is 12.7. The summed E-state index contributed by atoms with van der Waals surface area (Å²) in [6.07, 6.45) is -0.955. The Kier molecular flexibility index (Phi) is 3.46. The summed E-state index contributed by atoms with van der Waals surface area (Å²) in [4.78, 5) is 12.7. The number of fused-ring (bicyclic) bond motifs is 1. The molecule has 124 valence electrons. The molecule has 1 fully saturated rings. The van der Waals surface area contributed by atoms with Gasteiger partial charge in [-0.1, -0.05) is 42.5 Å². The molecule has 2 aromatic rings. The molecule has 5 heteroatoms. The predicted molar refractivity (Wildman–Crippen MR) is 88.1 cm³/mol. The summed E-state index contributed by atoms with van der Waals surface area (Å²) < 4.78 is 11.2. The number of aliphatic hydroxyl groups is 1. The number of aliphatic hydroxyl groups excluding tert-OH is 1. The van der Waals surface area contributed by atoms with Crippen LogP contribution in [-0.4, -0.2) is 31.3 Å². The van der Waals surface area contributed by atoms with E-state index in [2.05, 4.69) is 5.32 Å². The highest BCUT2D eigenvalue weighted by atomic mass is 16.5. The maximum absolute atomic E-state index is 12.7. The maximum Gasteiger partial charge on any atom is 0.233 e. The molecule has 3 atom stereocenters. The van der Waals surface area contributed by atoms with Gasteiger partial charge in [-0.05, 0) is 11.6 Å². The highest BCUT2D eigenvalue weighted by molar-refractivity contribution is 5.88. The first-order chi connectivity index (χ1) is 11.7. The molecule has 1 saturated heterocycles. The number of ether oxygens (including phenoxy) is 2. The summed E-state index contributed by atoms with van der Waals surface area (Å²) in [5.41, 5.74) is 0.587. The lowest BCUT2D eigenvalue weighted by Crippen LogP contribution is -2.47. The van der Waals surface area contributed by atoms with E-state index in [4.69, 9.17) is 9.47 Å². The highest BCUT2D eigenvalue weighted by Gasteiger charge is 2.59. The summed E-state index contributed by atoms with van der Waals surface area (Å²) in [5, 5.41) is 14.0. The van der Waals surface area contributed by atoms with Gasteiger partial charge in [-0.3, -0.25) is 4.79 Å². The van der Waals surface area contributed by atoms with Crippen molar-refractivity contribution in [2.24, 2.45) is 5.41 Å². The van der Waals surface area contributed by atoms with Crippen LogP contribution in [0.3, 0.4) is 0 Å². The first kappa shape index (κ1) is 15.0. The average Bonchev–Trinajstić information content (AvgIpc) is 2.96. The lowest BCUT2D eigenvalue weighted by atomic mass is 9.67. The van der Waals surface area contributed by atoms with Crippen LogP contribution in [0.15, 0.2) is 48.5 Å². The number of rotatable bonds is 2. The van der Waals surface area contributed by atoms with Crippen molar-refractivity contribution in [3.63, 3.8) is 0 Å². The molecule has 0 radical (unpaired) electrons. The molecule has 0 aliphatic carbocycles. The van der Waals surface area contributed by atoms with Crippen LogP contribution in [0, 0.1) is 5.41 Å². The summed E-state index contributed by atoms with van der Waals surface area (Å²) in [6, 6.07) is 15.2. The summed E-state index contributed by atoms with van der Waals surface area (Å²) >= 11 is 0. The largest absolute Gasteiger partial charge is 0.493 e. The molecule has 2 heterocycles. The summed E-state index contributed by atoms with van der Waals surface area (Å²) in [5.74, 6) is 0.763. The standard InChI is InChI=1S/C19H19NO4/c1-23-15-9-5-8-13-16(15)24-11-19(17(13)21)14(10-20-18(19)22)12-6-3-2-4-7-12/h2-9,14,17,21H,10-11H2,1H3,(H,20,22)/t14-,17+,19+/m1/s1. The van der Waals surface area contributed by atoms with E-state index in [0.717, 1.165) is 5.56 Å². The predicted octanol–water partition coefficient (Wildman–Crippen LogP) is 2.02. The highest BCUT2D eigenvalue weighted by Crippen LogP contribution is 2.54. The normalized spacial score (nSPS) is 28.2. The molecule has 1 amide bonds. The summed E-state index contributed by atoms with van der Waals surface area (Å²) in [6.45, 7) is 0.607. The van der Waals surface area contributed by atoms with Crippen LogP contribution in [0.25, 0.3) is 0 Å². The van der Waals surface area contributed by atoms with Crippen molar-refractivity contribution in [2.45, 2.75) is 12.0 Å².